The molecule has 0 bridgehead atoms. The lowest BCUT2D eigenvalue weighted by Gasteiger charge is -2.12. The number of nitrogens with zero attached hydrogens (tertiary/aromatic N) is 2. The summed E-state index contributed by atoms with van der Waals surface area (Å²) in [4.78, 5) is 16.6. The third kappa shape index (κ3) is 3.00. The van der Waals surface area contributed by atoms with E-state index in [1.807, 2.05) is 6.07 Å². The van der Waals surface area contributed by atoms with Gasteiger partial charge in [0.05, 0.1) is 31.5 Å². The van der Waals surface area contributed by atoms with E-state index in [2.05, 4.69) is 4.98 Å². The van der Waals surface area contributed by atoms with E-state index in [1.165, 1.54) is 14.2 Å². The number of nitriles is 1. The van der Waals surface area contributed by atoms with Crippen LogP contribution < -0.4 is 9.47 Å². The lowest BCUT2D eigenvalue weighted by atomic mass is 9.94. The molecule has 1 aromatic carbocycles. The highest BCUT2D eigenvalue weighted by Crippen LogP contribution is 2.29. The molecule has 2 rings (SSSR count). The molecule has 1 heterocycles. The zero-order valence-corrected chi connectivity index (χ0v) is 11.7. The first kappa shape index (κ1) is 14.5. The van der Waals surface area contributed by atoms with E-state index in [4.69, 9.17) is 9.47 Å². The summed E-state index contributed by atoms with van der Waals surface area (Å²) in [6, 6.07) is 12.0. The molecule has 5 heteroatoms. The maximum Gasteiger partial charge on any atom is 0.189 e. The minimum atomic E-state index is -0.964. The zero-order valence-electron chi connectivity index (χ0n) is 11.7. The van der Waals surface area contributed by atoms with Gasteiger partial charge < -0.3 is 9.47 Å². The van der Waals surface area contributed by atoms with Gasteiger partial charge in [-0.15, -0.1) is 0 Å². The van der Waals surface area contributed by atoms with E-state index in [-0.39, 0.29) is 5.78 Å². The van der Waals surface area contributed by atoms with Crippen molar-refractivity contribution < 1.29 is 14.3 Å². The van der Waals surface area contributed by atoms with Gasteiger partial charge in [-0.05, 0) is 24.3 Å². The van der Waals surface area contributed by atoms with Crippen molar-refractivity contribution in [3.63, 3.8) is 0 Å². The summed E-state index contributed by atoms with van der Waals surface area (Å²) in [5, 5.41) is 9.30. The summed E-state index contributed by atoms with van der Waals surface area (Å²) in [6.45, 7) is 0. The molecular formula is C16H14N2O3. The van der Waals surface area contributed by atoms with Crippen LogP contribution in [0.1, 0.15) is 22.0 Å². The molecule has 1 atom stereocenters. The van der Waals surface area contributed by atoms with E-state index in [1.54, 1.807) is 42.6 Å². The number of carbonyl (C=O) groups is 1. The van der Waals surface area contributed by atoms with Crippen molar-refractivity contribution in [2.75, 3.05) is 14.2 Å². The van der Waals surface area contributed by atoms with Gasteiger partial charge in [-0.1, -0.05) is 6.07 Å². The van der Waals surface area contributed by atoms with Crippen molar-refractivity contribution in [3.05, 3.63) is 53.9 Å². The van der Waals surface area contributed by atoms with Crippen molar-refractivity contribution in [2.45, 2.75) is 5.92 Å². The second-order valence-corrected chi connectivity index (χ2v) is 4.25. The molecule has 0 N–H and O–H groups in total. The monoisotopic (exact) mass is 282 g/mol. The molecule has 0 aliphatic heterocycles. The van der Waals surface area contributed by atoms with Crippen LogP contribution in [-0.2, 0) is 0 Å². The topological polar surface area (TPSA) is 72.2 Å². The van der Waals surface area contributed by atoms with Crippen LogP contribution in [0.3, 0.4) is 0 Å². The number of Topliss-reactive ketones (excluding diaryl/α,β-unsaturated/α-hetero) is 1. The van der Waals surface area contributed by atoms with Crippen molar-refractivity contribution in [2.24, 2.45) is 0 Å². The molecule has 1 aromatic heterocycles. The largest absolute Gasteiger partial charge is 0.497 e. The number of carbonyl (C=O) groups excluding carboxylic acids is 1. The average Bonchev–Trinajstić information content (AvgIpc) is 2.55. The molecule has 0 fully saturated rings. The molecule has 5 nitrogen and oxygen atoms in total. The molecule has 106 valence electrons. The predicted octanol–water partition coefficient (Wildman–Crippen LogP) is 2.59. The second kappa shape index (κ2) is 6.53. The maximum atomic E-state index is 12.6. The van der Waals surface area contributed by atoms with Crippen LogP contribution in [0.5, 0.6) is 11.5 Å². The van der Waals surface area contributed by atoms with Gasteiger partial charge in [-0.2, -0.15) is 5.26 Å². The van der Waals surface area contributed by atoms with Crippen LogP contribution in [0.2, 0.25) is 0 Å². The summed E-state index contributed by atoms with van der Waals surface area (Å²) in [5.74, 6) is -0.366. The van der Waals surface area contributed by atoms with E-state index in [0.29, 0.717) is 22.8 Å². The number of benzene rings is 1. The summed E-state index contributed by atoms with van der Waals surface area (Å²) >= 11 is 0. The molecule has 0 saturated carbocycles. The van der Waals surface area contributed by atoms with Crippen LogP contribution in [0.15, 0.2) is 42.6 Å². The standard InChI is InChI=1S/C16H14N2O3/c1-20-11-6-7-12(15(9-11)21-2)16(19)13(10-17)14-5-3-4-8-18-14/h3-9,13H,1-2H3. The molecular weight excluding hydrogens is 268 g/mol. The Kier molecular flexibility index (Phi) is 4.52. The number of methoxy groups -OCH3 is 2. The molecule has 1 unspecified atom stereocenters. The minimum Gasteiger partial charge on any atom is -0.497 e. The molecule has 21 heavy (non-hydrogen) atoms. The third-order valence-electron chi connectivity index (χ3n) is 3.05. The second-order valence-electron chi connectivity index (χ2n) is 4.25. The Hall–Kier alpha value is -2.87. The highest BCUT2D eigenvalue weighted by atomic mass is 16.5. The number of hydrogen-bond acceptors (Lipinski definition) is 5. The van der Waals surface area contributed by atoms with Crippen molar-refractivity contribution in [1.29, 1.82) is 5.26 Å². The van der Waals surface area contributed by atoms with E-state index < -0.39 is 5.92 Å². The number of ketones is 1. The van der Waals surface area contributed by atoms with Crippen molar-refractivity contribution >= 4 is 5.78 Å². The van der Waals surface area contributed by atoms with Gasteiger partial charge in [-0.3, -0.25) is 9.78 Å². The van der Waals surface area contributed by atoms with Crippen LogP contribution in [-0.4, -0.2) is 25.0 Å². The van der Waals surface area contributed by atoms with Gasteiger partial charge in [0.1, 0.15) is 11.5 Å². The number of pyridine rings is 1. The fourth-order valence-corrected chi connectivity index (χ4v) is 1.96. The van der Waals surface area contributed by atoms with E-state index >= 15 is 0 Å². The van der Waals surface area contributed by atoms with Crippen LogP contribution in [0, 0.1) is 11.3 Å². The quantitative estimate of drug-likeness (QED) is 0.788. The first-order chi connectivity index (χ1) is 10.2. The zero-order chi connectivity index (χ0) is 15.2. The summed E-state index contributed by atoms with van der Waals surface area (Å²) in [7, 11) is 3.00. The minimum absolute atomic E-state index is 0.329. The van der Waals surface area contributed by atoms with Gasteiger partial charge in [0, 0.05) is 12.3 Å². The normalized spacial score (nSPS) is 11.3. The lowest BCUT2D eigenvalue weighted by molar-refractivity contribution is 0.0974. The fraction of sp³-hybridized carbons (Fsp3) is 0.188. The Bertz CT molecular complexity index is 678. The summed E-state index contributed by atoms with van der Waals surface area (Å²) in [5.41, 5.74) is 0.748. The number of ether oxygens (including phenoxy) is 2. The van der Waals surface area contributed by atoms with Crippen LogP contribution >= 0.6 is 0 Å². The van der Waals surface area contributed by atoms with E-state index in [9.17, 15) is 10.1 Å². The Morgan fingerprint density at radius 2 is 2.05 bits per heavy atom. The number of rotatable bonds is 5. The molecule has 0 aliphatic carbocycles. The molecule has 0 amide bonds. The lowest BCUT2D eigenvalue weighted by Crippen LogP contribution is -2.13. The molecule has 0 radical (unpaired) electrons. The summed E-state index contributed by atoms with van der Waals surface area (Å²) < 4.78 is 10.3. The van der Waals surface area contributed by atoms with E-state index in [0.717, 1.165) is 0 Å². The van der Waals surface area contributed by atoms with Gasteiger partial charge >= 0.3 is 0 Å². The summed E-state index contributed by atoms with van der Waals surface area (Å²) in [6.07, 6.45) is 1.55. The first-order valence-electron chi connectivity index (χ1n) is 6.28. The van der Waals surface area contributed by atoms with Crippen LogP contribution in [0.4, 0.5) is 0 Å². The first-order valence-corrected chi connectivity index (χ1v) is 6.28. The van der Waals surface area contributed by atoms with Gasteiger partial charge in [0.2, 0.25) is 0 Å². The Morgan fingerprint density at radius 3 is 2.62 bits per heavy atom. The fourth-order valence-electron chi connectivity index (χ4n) is 1.96. The van der Waals surface area contributed by atoms with Crippen molar-refractivity contribution in [3.8, 4) is 17.6 Å². The van der Waals surface area contributed by atoms with Crippen molar-refractivity contribution in [1.82, 2.24) is 4.98 Å². The Balaban J connectivity index is 2.41. The SMILES string of the molecule is COc1ccc(C(=O)C(C#N)c2ccccn2)c(OC)c1. The number of hydrogen-bond donors (Lipinski definition) is 0. The third-order valence-corrected chi connectivity index (χ3v) is 3.05. The smallest absolute Gasteiger partial charge is 0.189 e. The predicted molar refractivity (Wildman–Crippen MR) is 76.5 cm³/mol. The van der Waals surface area contributed by atoms with Gasteiger partial charge in [0.15, 0.2) is 11.7 Å². The maximum absolute atomic E-state index is 12.6. The Morgan fingerprint density at radius 1 is 1.24 bits per heavy atom. The van der Waals surface area contributed by atoms with Crippen LogP contribution in [0.25, 0.3) is 0 Å². The number of aromatic nitrogens is 1. The average molecular weight is 282 g/mol. The van der Waals surface area contributed by atoms with Gasteiger partial charge in [-0.25, -0.2) is 0 Å². The molecule has 0 aliphatic rings. The highest BCUT2D eigenvalue weighted by Gasteiger charge is 2.25. The molecule has 0 saturated heterocycles. The molecule has 2 aromatic rings. The Labute approximate surface area is 122 Å². The molecule has 0 spiro atoms. The highest BCUT2D eigenvalue weighted by molar-refractivity contribution is 6.04. The van der Waals surface area contributed by atoms with Gasteiger partial charge in [0.25, 0.3) is 0 Å².